The zero-order valence-corrected chi connectivity index (χ0v) is 18.3. The van der Waals surface area contributed by atoms with Crippen molar-refractivity contribution in [3.63, 3.8) is 0 Å². The molecule has 1 aliphatic heterocycles. The summed E-state index contributed by atoms with van der Waals surface area (Å²) in [5, 5.41) is 1.08. The fraction of sp³-hybridized carbons (Fsp3) is 0.273. The highest BCUT2D eigenvalue weighted by atomic mass is 35.5. The Morgan fingerprint density at radius 1 is 1.19 bits per heavy atom. The summed E-state index contributed by atoms with van der Waals surface area (Å²) in [5.41, 5.74) is 1.30. The van der Waals surface area contributed by atoms with E-state index in [0.29, 0.717) is 34.4 Å². The van der Waals surface area contributed by atoms with E-state index in [-0.39, 0.29) is 18.0 Å². The van der Waals surface area contributed by atoms with Gasteiger partial charge in [-0.3, -0.25) is 4.79 Å². The molecule has 2 heterocycles. The van der Waals surface area contributed by atoms with E-state index >= 15 is 0 Å². The number of aryl methyl sites for hydroxylation is 1. The van der Waals surface area contributed by atoms with Crippen molar-refractivity contribution in [2.24, 2.45) is 0 Å². The summed E-state index contributed by atoms with van der Waals surface area (Å²) in [6, 6.07) is 11.6. The molecule has 0 saturated carbocycles. The molecule has 2 aromatic carbocycles. The molecule has 0 radical (unpaired) electrons. The summed E-state index contributed by atoms with van der Waals surface area (Å²) in [4.78, 5) is 24.7. The van der Waals surface area contributed by atoms with Crippen molar-refractivity contribution >= 4 is 38.6 Å². The van der Waals surface area contributed by atoms with Crippen LogP contribution in [0.5, 0.6) is 0 Å². The van der Waals surface area contributed by atoms with E-state index in [1.807, 2.05) is 13.0 Å². The fourth-order valence-corrected chi connectivity index (χ4v) is 5.48. The quantitative estimate of drug-likeness (QED) is 0.425. The number of benzene rings is 2. The Kier molecular flexibility index (Phi) is 5.88. The summed E-state index contributed by atoms with van der Waals surface area (Å²) in [6.45, 7) is 1.94. The maximum absolute atomic E-state index is 13.0. The Balaban J connectivity index is 1.54. The van der Waals surface area contributed by atoms with Crippen LogP contribution < -0.4 is 5.63 Å². The largest absolute Gasteiger partial charge is 0.460 e. The van der Waals surface area contributed by atoms with Crippen LogP contribution in [0.25, 0.3) is 11.0 Å². The van der Waals surface area contributed by atoms with E-state index in [2.05, 4.69) is 0 Å². The van der Waals surface area contributed by atoms with Crippen molar-refractivity contribution in [1.29, 1.82) is 0 Å². The topological polar surface area (TPSA) is 93.9 Å². The van der Waals surface area contributed by atoms with Crippen LogP contribution in [0.3, 0.4) is 0 Å². The van der Waals surface area contributed by atoms with Crippen LogP contribution in [0.4, 0.5) is 0 Å². The third kappa shape index (κ3) is 4.37. The van der Waals surface area contributed by atoms with Gasteiger partial charge < -0.3 is 9.15 Å². The van der Waals surface area contributed by atoms with E-state index in [9.17, 15) is 18.0 Å². The summed E-state index contributed by atoms with van der Waals surface area (Å²) in [6.07, 6.45) is 0.909. The molecule has 0 spiro atoms. The molecule has 0 aliphatic carbocycles. The predicted octanol–water partition coefficient (Wildman–Crippen LogP) is 3.65. The molecule has 0 unspecified atom stereocenters. The standard InChI is InChI=1S/C22H20ClNO6S/c1-14-4-9-18-15(12-21(25)30-20(18)11-14)13-29-22(26)19-3-2-10-24(19)31(27,28)17-7-5-16(23)6-8-17/h4-9,11-12,19H,2-3,10,13H2,1H3/t19-/m0/s1. The average Bonchev–Trinajstić information content (AvgIpc) is 3.22. The number of hydrogen-bond donors (Lipinski definition) is 0. The van der Waals surface area contributed by atoms with Crippen LogP contribution >= 0.6 is 11.6 Å². The molecule has 0 N–H and O–H groups in total. The molecule has 9 heteroatoms. The summed E-state index contributed by atoms with van der Waals surface area (Å²) < 4.78 is 37.8. The Morgan fingerprint density at radius 3 is 2.68 bits per heavy atom. The number of halogens is 1. The van der Waals surface area contributed by atoms with Gasteiger partial charge in [0.25, 0.3) is 0 Å². The Hall–Kier alpha value is -2.68. The van der Waals surface area contributed by atoms with Gasteiger partial charge in [0.1, 0.15) is 18.2 Å². The van der Waals surface area contributed by atoms with Crippen LogP contribution in [-0.4, -0.2) is 31.3 Å². The first kappa shape index (κ1) is 21.5. The number of hydrogen-bond acceptors (Lipinski definition) is 6. The van der Waals surface area contributed by atoms with Crippen LogP contribution in [0.1, 0.15) is 24.0 Å². The second-order valence-electron chi connectivity index (χ2n) is 7.43. The number of esters is 1. The number of rotatable bonds is 5. The van der Waals surface area contributed by atoms with E-state index in [0.717, 1.165) is 5.56 Å². The number of sulfonamides is 1. The third-order valence-electron chi connectivity index (χ3n) is 5.25. The van der Waals surface area contributed by atoms with E-state index < -0.39 is 27.7 Å². The highest BCUT2D eigenvalue weighted by Crippen LogP contribution is 2.28. The van der Waals surface area contributed by atoms with Crippen molar-refractivity contribution < 1.29 is 22.4 Å². The highest BCUT2D eigenvalue weighted by Gasteiger charge is 2.40. The van der Waals surface area contributed by atoms with Gasteiger partial charge in [0.15, 0.2) is 0 Å². The van der Waals surface area contributed by atoms with Gasteiger partial charge in [0.05, 0.1) is 4.90 Å². The number of fused-ring (bicyclic) bond motifs is 1. The maximum Gasteiger partial charge on any atom is 0.336 e. The van der Waals surface area contributed by atoms with Crippen molar-refractivity contribution in [3.05, 3.63) is 75.1 Å². The minimum absolute atomic E-state index is 0.0682. The van der Waals surface area contributed by atoms with Gasteiger partial charge >= 0.3 is 11.6 Å². The molecule has 0 amide bonds. The number of carbonyl (C=O) groups is 1. The molecule has 31 heavy (non-hydrogen) atoms. The second-order valence-corrected chi connectivity index (χ2v) is 9.75. The Labute approximate surface area is 184 Å². The van der Waals surface area contributed by atoms with Gasteiger partial charge in [0, 0.05) is 28.6 Å². The lowest BCUT2D eigenvalue weighted by Gasteiger charge is -2.23. The van der Waals surface area contributed by atoms with Gasteiger partial charge in [-0.25, -0.2) is 13.2 Å². The fourth-order valence-electron chi connectivity index (χ4n) is 3.71. The van der Waals surface area contributed by atoms with Gasteiger partial charge in [-0.1, -0.05) is 23.7 Å². The lowest BCUT2D eigenvalue weighted by Crippen LogP contribution is -2.41. The number of carbonyl (C=O) groups excluding carboxylic acids is 1. The molecule has 1 atom stereocenters. The molecule has 3 aromatic rings. The van der Waals surface area contributed by atoms with E-state index in [1.165, 1.54) is 34.6 Å². The van der Waals surface area contributed by atoms with Crippen LogP contribution in [0, 0.1) is 6.92 Å². The number of nitrogens with zero attached hydrogens (tertiary/aromatic N) is 1. The molecule has 1 aliphatic rings. The van der Waals surface area contributed by atoms with Gasteiger partial charge in [-0.2, -0.15) is 4.31 Å². The van der Waals surface area contributed by atoms with Crippen molar-refractivity contribution in [1.82, 2.24) is 4.31 Å². The van der Waals surface area contributed by atoms with Crippen molar-refractivity contribution in [3.8, 4) is 0 Å². The average molecular weight is 462 g/mol. The first-order valence-corrected chi connectivity index (χ1v) is 11.5. The van der Waals surface area contributed by atoms with E-state index in [4.69, 9.17) is 20.8 Å². The lowest BCUT2D eigenvalue weighted by atomic mass is 10.1. The van der Waals surface area contributed by atoms with E-state index in [1.54, 1.807) is 12.1 Å². The van der Waals surface area contributed by atoms with Gasteiger partial charge in [-0.15, -0.1) is 0 Å². The predicted molar refractivity (Wildman–Crippen MR) is 115 cm³/mol. The smallest absolute Gasteiger partial charge is 0.336 e. The summed E-state index contributed by atoms with van der Waals surface area (Å²) in [7, 11) is -3.87. The lowest BCUT2D eigenvalue weighted by molar-refractivity contribution is -0.148. The summed E-state index contributed by atoms with van der Waals surface area (Å²) >= 11 is 5.85. The maximum atomic E-state index is 13.0. The second kappa shape index (κ2) is 8.45. The normalized spacial score (nSPS) is 17.2. The minimum atomic E-state index is -3.87. The monoisotopic (exact) mass is 461 g/mol. The zero-order valence-electron chi connectivity index (χ0n) is 16.7. The van der Waals surface area contributed by atoms with Crippen LogP contribution in [0.2, 0.25) is 5.02 Å². The van der Waals surface area contributed by atoms with Crippen LogP contribution in [-0.2, 0) is 26.2 Å². The Morgan fingerprint density at radius 2 is 1.94 bits per heavy atom. The van der Waals surface area contributed by atoms with Gasteiger partial charge in [0.2, 0.25) is 10.0 Å². The SMILES string of the molecule is Cc1ccc2c(COC(=O)[C@@H]3CCCN3S(=O)(=O)c3ccc(Cl)cc3)cc(=O)oc2c1. The summed E-state index contributed by atoms with van der Waals surface area (Å²) in [5.74, 6) is -0.649. The molecule has 1 aromatic heterocycles. The molecular formula is C22H20ClNO6S. The highest BCUT2D eigenvalue weighted by molar-refractivity contribution is 7.89. The van der Waals surface area contributed by atoms with Crippen molar-refractivity contribution in [2.75, 3.05) is 6.54 Å². The molecule has 4 rings (SSSR count). The molecule has 7 nitrogen and oxygen atoms in total. The number of ether oxygens (including phenoxy) is 1. The third-order valence-corrected chi connectivity index (χ3v) is 7.43. The first-order chi connectivity index (χ1) is 14.8. The molecule has 1 fully saturated rings. The minimum Gasteiger partial charge on any atom is -0.460 e. The zero-order chi connectivity index (χ0) is 22.2. The molecule has 1 saturated heterocycles. The molecule has 0 bridgehead atoms. The molecule has 162 valence electrons. The van der Waals surface area contributed by atoms with Gasteiger partial charge in [-0.05, 0) is 55.7 Å². The first-order valence-electron chi connectivity index (χ1n) is 9.73. The van der Waals surface area contributed by atoms with Crippen molar-refractivity contribution in [2.45, 2.75) is 37.3 Å². The van der Waals surface area contributed by atoms with Crippen LogP contribution in [0.15, 0.2) is 62.6 Å². The Bertz CT molecular complexity index is 1300. The molecular weight excluding hydrogens is 442 g/mol.